The molecule has 4 heterocycles. The number of benzene rings is 1. The topological polar surface area (TPSA) is 130 Å². The Bertz CT molecular complexity index is 1590. The molecule has 1 N–H and O–H groups in total. The number of rotatable bonds is 7. The Hall–Kier alpha value is -4.50. The van der Waals surface area contributed by atoms with Crippen LogP contribution in [0.4, 0.5) is 34.3 Å². The summed E-state index contributed by atoms with van der Waals surface area (Å²) in [4.78, 5) is 43.8. The third-order valence-electron chi connectivity index (χ3n) is 8.30. The molecule has 2 amide bonds. The van der Waals surface area contributed by atoms with E-state index in [9.17, 15) is 27.2 Å². The molecule has 0 radical (unpaired) electrons. The molecule has 12 nitrogen and oxygen atoms in total. The maximum atomic E-state index is 14.8. The van der Waals surface area contributed by atoms with Crippen LogP contribution in [0.2, 0.25) is 0 Å². The van der Waals surface area contributed by atoms with E-state index in [1.165, 1.54) is 12.4 Å². The van der Waals surface area contributed by atoms with E-state index >= 15 is 0 Å². The number of alkyl carbamates (subject to hydrolysis) is 1. The first-order valence-corrected chi connectivity index (χ1v) is 15.3. The third kappa shape index (κ3) is 7.73. The summed E-state index contributed by atoms with van der Waals surface area (Å²) < 4.78 is 66.5. The van der Waals surface area contributed by atoms with E-state index in [1.807, 2.05) is 6.92 Å². The van der Waals surface area contributed by atoms with Gasteiger partial charge in [0.25, 0.3) is 5.91 Å². The number of hydrogen-bond donors (Lipinski definition) is 1. The van der Waals surface area contributed by atoms with Gasteiger partial charge in [-0.2, -0.15) is 13.8 Å². The maximum Gasteiger partial charge on any atom is 0.407 e. The van der Waals surface area contributed by atoms with Crippen molar-refractivity contribution in [2.45, 2.75) is 70.6 Å². The Labute approximate surface area is 269 Å². The van der Waals surface area contributed by atoms with Gasteiger partial charge in [0.05, 0.1) is 11.6 Å². The molecule has 2 aromatic heterocycles. The van der Waals surface area contributed by atoms with E-state index < -0.39 is 47.0 Å². The fourth-order valence-electron chi connectivity index (χ4n) is 6.04. The molecule has 2 unspecified atom stereocenters. The number of hydrogen-bond acceptors (Lipinski definition) is 10. The highest BCUT2D eigenvalue weighted by Gasteiger charge is 2.39. The Morgan fingerprint density at radius 1 is 1.06 bits per heavy atom. The van der Waals surface area contributed by atoms with Crippen molar-refractivity contribution in [1.29, 1.82) is 0 Å². The smallest absolute Gasteiger partial charge is 0.407 e. The lowest BCUT2D eigenvalue weighted by Gasteiger charge is -2.40. The largest absolute Gasteiger partial charge is 0.444 e. The fraction of sp³-hybridized carbons (Fsp3) is 0.548. The van der Waals surface area contributed by atoms with E-state index in [-0.39, 0.29) is 54.0 Å². The number of anilines is 2. The first-order chi connectivity index (χ1) is 22.0. The summed E-state index contributed by atoms with van der Waals surface area (Å²) in [7, 11) is 1.68. The minimum atomic E-state index is -3.22. The Kier molecular flexibility index (Phi) is 9.33. The van der Waals surface area contributed by atoms with Gasteiger partial charge in [0.2, 0.25) is 11.8 Å². The Morgan fingerprint density at radius 2 is 1.77 bits per heavy atom. The lowest BCUT2D eigenvalue weighted by Crippen LogP contribution is -2.51. The second-order valence-electron chi connectivity index (χ2n) is 13.2. The number of piperidine rings is 1. The van der Waals surface area contributed by atoms with Gasteiger partial charge in [-0.15, -0.1) is 0 Å². The summed E-state index contributed by atoms with van der Waals surface area (Å²) in [5.41, 5.74) is -0.416. The first kappa shape index (κ1) is 33.9. The molecule has 16 heteroatoms. The lowest BCUT2D eigenvalue weighted by atomic mass is 9.92. The minimum absolute atomic E-state index is 0.0117. The van der Waals surface area contributed by atoms with Crippen LogP contribution in [0.25, 0.3) is 0 Å². The number of amides is 2. The van der Waals surface area contributed by atoms with E-state index in [2.05, 4.69) is 25.4 Å². The number of carbonyl (C=O) groups is 2. The highest BCUT2D eigenvalue weighted by atomic mass is 19.3. The van der Waals surface area contributed by atoms with Gasteiger partial charge in [-0.05, 0) is 56.9 Å². The maximum absolute atomic E-state index is 14.8. The van der Waals surface area contributed by atoms with Gasteiger partial charge in [0.1, 0.15) is 17.2 Å². The lowest BCUT2D eigenvalue weighted by molar-refractivity contribution is 0.00557. The zero-order valence-corrected chi connectivity index (χ0v) is 27.0. The van der Waals surface area contributed by atoms with Crippen molar-refractivity contribution >= 4 is 24.0 Å². The molecule has 4 atom stereocenters. The van der Waals surface area contributed by atoms with Crippen LogP contribution in [0.3, 0.4) is 0 Å². The standard InChI is InChI=1S/C31H38F4N8O4/c1-17-14-42(28-39-26(40-47-28)31(5,34)35)10-9-24(17)41(6)25(44)18-12-36-27(37-13-18)43-15-21(20-11-19(32)7-8-22(20)33)23(16-43)38-29(45)46-30(2,3)4/h7-8,11-13,17,21,23-24H,9-10,14-16H2,1-6H3,(H,38,45)/t17?,21-,23?,24+/m1/s1. The molecule has 3 aromatic rings. The number of nitrogens with one attached hydrogen (secondary N) is 1. The molecule has 0 saturated carbocycles. The predicted octanol–water partition coefficient (Wildman–Crippen LogP) is 4.73. The Morgan fingerprint density at radius 3 is 2.38 bits per heavy atom. The summed E-state index contributed by atoms with van der Waals surface area (Å²) >= 11 is 0. The van der Waals surface area contributed by atoms with Crippen molar-refractivity contribution in [3.8, 4) is 0 Å². The van der Waals surface area contributed by atoms with Crippen LogP contribution in [0.5, 0.6) is 0 Å². The van der Waals surface area contributed by atoms with E-state index in [0.717, 1.165) is 18.2 Å². The predicted molar refractivity (Wildman–Crippen MR) is 162 cm³/mol. The molecule has 1 aromatic carbocycles. The number of alkyl halides is 2. The highest BCUT2D eigenvalue weighted by molar-refractivity contribution is 5.93. The quantitative estimate of drug-likeness (QED) is 0.355. The first-order valence-electron chi connectivity index (χ1n) is 15.3. The second kappa shape index (κ2) is 13.0. The molecule has 2 saturated heterocycles. The monoisotopic (exact) mass is 662 g/mol. The van der Waals surface area contributed by atoms with Crippen molar-refractivity contribution in [2.24, 2.45) is 5.92 Å². The highest BCUT2D eigenvalue weighted by Crippen LogP contribution is 2.33. The van der Waals surface area contributed by atoms with Crippen LogP contribution in [-0.4, -0.2) is 87.9 Å². The normalized spacial score (nSPS) is 21.9. The van der Waals surface area contributed by atoms with Gasteiger partial charge in [-0.25, -0.2) is 23.5 Å². The number of ether oxygens (including phenoxy) is 1. The molecule has 2 aliphatic rings. The molecule has 0 spiro atoms. The van der Waals surface area contributed by atoms with E-state index in [0.29, 0.717) is 26.4 Å². The van der Waals surface area contributed by atoms with Gasteiger partial charge in [0, 0.05) is 64.5 Å². The van der Waals surface area contributed by atoms with Crippen molar-refractivity contribution in [1.82, 2.24) is 30.3 Å². The zero-order chi connectivity index (χ0) is 34.3. The van der Waals surface area contributed by atoms with Crippen molar-refractivity contribution in [2.75, 3.05) is 43.0 Å². The van der Waals surface area contributed by atoms with Gasteiger partial charge in [-0.1, -0.05) is 12.1 Å². The molecule has 2 aliphatic heterocycles. The molecule has 0 aliphatic carbocycles. The summed E-state index contributed by atoms with van der Waals surface area (Å²) in [6.45, 7) is 8.98. The molecular formula is C31H38F4N8O4. The minimum Gasteiger partial charge on any atom is -0.444 e. The molecule has 254 valence electrons. The van der Waals surface area contributed by atoms with Gasteiger partial charge >= 0.3 is 18.0 Å². The molecule has 0 bridgehead atoms. The van der Waals surface area contributed by atoms with Crippen LogP contribution in [0.15, 0.2) is 35.1 Å². The van der Waals surface area contributed by atoms with Crippen LogP contribution in [0.1, 0.15) is 68.7 Å². The molecule has 47 heavy (non-hydrogen) atoms. The van der Waals surface area contributed by atoms with Gasteiger partial charge < -0.3 is 29.3 Å². The second-order valence-corrected chi connectivity index (χ2v) is 13.2. The third-order valence-corrected chi connectivity index (χ3v) is 8.30. The number of carbonyl (C=O) groups excluding carboxylic acids is 2. The van der Waals surface area contributed by atoms with Crippen molar-refractivity contribution in [3.63, 3.8) is 0 Å². The summed E-state index contributed by atoms with van der Waals surface area (Å²) in [6.07, 6.45) is 2.64. The van der Waals surface area contributed by atoms with Crippen LogP contribution < -0.4 is 15.1 Å². The van der Waals surface area contributed by atoms with E-state index in [4.69, 9.17) is 9.26 Å². The van der Waals surface area contributed by atoms with Gasteiger partial charge in [0.15, 0.2) is 0 Å². The SMILES string of the molecule is CC1CN(c2nc(C(C)(F)F)no2)CC[C@@H]1N(C)C(=O)c1cnc(N2CC(NC(=O)OC(C)(C)C)[C@@H](c3cc(F)ccc3F)C2)nc1. The van der Waals surface area contributed by atoms with Crippen LogP contribution in [0, 0.1) is 17.6 Å². The fourth-order valence-corrected chi connectivity index (χ4v) is 6.04. The molecule has 2 fully saturated rings. The Balaban J connectivity index is 1.26. The molecular weight excluding hydrogens is 624 g/mol. The number of halogens is 4. The van der Waals surface area contributed by atoms with Crippen molar-refractivity contribution < 1.29 is 36.4 Å². The summed E-state index contributed by atoms with van der Waals surface area (Å²) in [6, 6.07) is 2.37. The zero-order valence-electron chi connectivity index (χ0n) is 27.0. The van der Waals surface area contributed by atoms with E-state index in [1.54, 1.807) is 42.5 Å². The summed E-state index contributed by atoms with van der Waals surface area (Å²) in [5.74, 6) is -5.88. The van der Waals surface area contributed by atoms with Crippen LogP contribution >= 0.6 is 0 Å². The van der Waals surface area contributed by atoms with Gasteiger partial charge in [-0.3, -0.25) is 4.79 Å². The van der Waals surface area contributed by atoms with Crippen molar-refractivity contribution in [3.05, 3.63) is 59.2 Å². The average molecular weight is 663 g/mol. The van der Waals surface area contributed by atoms with Crippen LogP contribution in [-0.2, 0) is 10.7 Å². The number of nitrogens with zero attached hydrogens (tertiary/aromatic N) is 7. The number of aromatic nitrogens is 4. The molecule has 5 rings (SSSR count). The summed E-state index contributed by atoms with van der Waals surface area (Å²) in [5, 5.41) is 6.16. The average Bonchev–Trinajstić information content (AvgIpc) is 3.65.